The standard InChI is InChI=1S/C14H16N2O/c1-2-11-5-7-12(8-6-11)10-16-14(17)13-4-3-9-15-13/h3-9,15H,2,10H2,1H3,(H,16,17). The van der Waals surface area contributed by atoms with Gasteiger partial charge in [0.2, 0.25) is 0 Å². The van der Waals surface area contributed by atoms with Gasteiger partial charge in [-0.1, -0.05) is 31.2 Å². The molecule has 0 aliphatic heterocycles. The number of amides is 1. The summed E-state index contributed by atoms with van der Waals surface area (Å²) < 4.78 is 0. The van der Waals surface area contributed by atoms with E-state index in [2.05, 4.69) is 29.4 Å². The van der Waals surface area contributed by atoms with Crippen molar-refractivity contribution >= 4 is 5.91 Å². The number of hydrogen-bond donors (Lipinski definition) is 2. The number of benzene rings is 1. The molecule has 3 heteroatoms. The SMILES string of the molecule is CCc1ccc(CNC(=O)c2ccc[nH]2)cc1. The third kappa shape index (κ3) is 2.97. The highest BCUT2D eigenvalue weighted by Gasteiger charge is 2.04. The Hall–Kier alpha value is -2.03. The molecule has 2 aromatic rings. The Kier molecular flexibility index (Phi) is 3.60. The molecule has 0 radical (unpaired) electrons. The van der Waals surface area contributed by atoms with Crippen molar-refractivity contribution in [2.24, 2.45) is 0 Å². The van der Waals surface area contributed by atoms with Gasteiger partial charge < -0.3 is 10.3 Å². The smallest absolute Gasteiger partial charge is 0.267 e. The number of carbonyl (C=O) groups excluding carboxylic acids is 1. The van der Waals surface area contributed by atoms with Gasteiger partial charge in [-0.3, -0.25) is 4.79 Å². The van der Waals surface area contributed by atoms with Crippen molar-refractivity contribution in [2.45, 2.75) is 19.9 Å². The van der Waals surface area contributed by atoms with E-state index in [1.54, 1.807) is 12.3 Å². The maximum atomic E-state index is 11.7. The summed E-state index contributed by atoms with van der Waals surface area (Å²) in [5.41, 5.74) is 3.02. The van der Waals surface area contributed by atoms with Crippen LogP contribution in [0.25, 0.3) is 0 Å². The second-order valence-corrected chi connectivity index (χ2v) is 3.94. The van der Waals surface area contributed by atoms with E-state index in [9.17, 15) is 4.79 Å². The van der Waals surface area contributed by atoms with Crippen LogP contribution in [-0.2, 0) is 13.0 Å². The molecule has 0 unspecified atom stereocenters. The Morgan fingerprint density at radius 3 is 2.47 bits per heavy atom. The molecule has 0 fully saturated rings. The van der Waals surface area contributed by atoms with Gasteiger partial charge in [0.15, 0.2) is 0 Å². The Balaban J connectivity index is 1.91. The van der Waals surface area contributed by atoms with Gasteiger partial charge in [-0.25, -0.2) is 0 Å². The number of carbonyl (C=O) groups is 1. The van der Waals surface area contributed by atoms with Crippen molar-refractivity contribution in [3.05, 3.63) is 59.4 Å². The molecule has 0 saturated carbocycles. The predicted molar refractivity (Wildman–Crippen MR) is 67.8 cm³/mol. The van der Waals surface area contributed by atoms with E-state index in [0.29, 0.717) is 12.2 Å². The van der Waals surface area contributed by atoms with Crippen LogP contribution in [0.3, 0.4) is 0 Å². The highest BCUT2D eigenvalue weighted by molar-refractivity contribution is 5.92. The van der Waals surface area contributed by atoms with Gasteiger partial charge in [0.05, 0.1) is 0 Å². The average molecular weight is 228 g/mol. The summed E-state index contributed by atoms with van der Waals surface area (Å²) in [7, 11) is 0. The van der Waals surface area contributed by atoms with Gasteiger partial charge in [-0.15, -0.1) is 0 Å². The Bertz CT molecular complexity index is 471. The zero-order chi connectivity index (χ0) is 12.1. The molecule has 0 saturated heterocycles. The van der Waals surface area contributed by atoms with Crippen molar-refractivity contribution in [3.8, 4) is 0 Å². The number of nitrogens with one attached hydrogen (secondary N) is 2. The topological polar surface area (TPSA) is 44.9 Å². The van der Waals surface area contributed by atoms with Crippen LogP contribution in [0.15, 0.2) is 42.6 Å². The number of H-pyrrole nitrogens is 1. The van der Waals surface area contributed by atoms with Crippen molar-refractivity contribution in [1.29, 1.82) is 0 Å². The molecule has 0 atom stereocenters. The number of aryl methyl sites for hydroxylation is 1. The number of rotatable bonds is 4. The van der Waals surface area contributed by atoms with E-state index in [1.807, 2.05) is 18.2 Å². The summed E-state index contributed by atoms with van der Waals surface area (Å²) >= 11 is 0. The first-order valence-corrected chi connectivity index (χ1v) is 5.79. The molecule has 0 aliphatic carbocycles. The maximum Gasteiger partial charge on any atom is 0.267 e. The fourth-order valence-corrected chi connectivity index (χ4v) is 1.64. The van der Waals surface area contributed by atoms with Crippen LogP contribution in [0.2, 0.25) is 0 Å². The molecule has 2 N–H and O–H groups in total. The molecular formula is C14H16N2O. The van der Waals surface area contributed by atoms with Gasteiger partial charge in [-0.2, -0.15) is 0 Å². The molecule has 1 aromatic carbocycles. The first kappa shape index (κ1) is 11.5. The fraction of sp³-hybridized carbons (Fsp3) is 0.214. The number of aromatic nitrogens is 1. The molecule has 1 heterocycles. The fourth-order valence-electron chi connectivity index (χ4n) is 1.64. The lowest BCUT2D eigenvalue weighted by molar-refractivity contribution is 0.0946. The van der Waals surface area contributed by atoms with Crippen molar-refractivity contribution in [3.63, 3.8) is 0 Å². The minimum absolute atomic E-state index is 0.0745. The van der Waals surface area contributed by atoms with E-state index >= 15 is 0 Å². The number of hydrogen-bond acceptors (Lipinski definition) is 1. The zero-order valence-corrected chi connectivity index (χ0v) is 9.86. The second-order valence-electron chi connectivity index (χ2n) is 3.94. The van der Waals surface area contributed by atoms with Crippen molar-refractivity contribution in [2.75, 3.05) is 0 Å². The van der Waals surface area contributed by atoms with Crippen LogP contribution in [-0.4, -0.2) is 10.9 Å². The molecule has 88 valence electrons. The highest BCUT2D eigenvalue weighted by Crippen LogP contribution is 2.05. The van der Waals surface area contributed by atoms with E-state index in [4.69, 9.17) is 0 Å². The van der Waals surface area contributed by atoms with Crippen LogP contribution in [0.4, 0.5) is 0 Å². The van der Waals surface area contributed by atoms with E-state index < -0.39 is 0 Å². The first-order chi connectivity index (χ1) is 8.29. The lowest BCUT2D eigenvalue weighted by Crippen LogP contribution is -2.22. The third-order valence-corrected chi connectivity index (χ3v) is 2.73. The van der Waals surface area contributed by atoms with Gasteiger partial charge in [0.25, 0.3) is 5.91 Å². The quantitative estimate of drug-likeness (QED) is 0.829. The molecule has 0 aliphatic rings. The molecule has 1 amide bonds. The minimum Gasteiger partial charge on any atom is -0.357 e. The second kappa shape index (κ2) is 5.34. The summed E-state index contributed by atoms with van der Waals surface area (Å²) in [5, 5.41) is 2.87. The van der Waals surface area contributed by atoms with Crippen molar-refractivity contribution < 1.29 is 4.79 Å². The largest absolute Gasteiger partial charge is 0.357 e. The molecule has 17 heavy (non-hydrogen) atoms. The van der Waals surface area contributed by atoms with E-state index in [1.165, 1.54) is 5.56 Å². The van der Waals surface area contributed by atoms with Crippen molar-refractivity contribution in [1.82, 2.24) is 10.3 Å². The first-order valence-electron chi connectivity index (χ1n) is 5.79. The summed E-state index contributed by atoms with van der Waals surface area (Å²) in [6.07, 6.45) is 2.78. The molecule has 0 spiro atoms. The third-order valence-electron chi connectivity index (χ3n) is 2.73. The maximum absolute atomic E-state index is 11.7. The summed E-state index contributed by atoms with van der Waals surface area (Å²) in [4.78, 5) is 14.5. The normalized spacial score (nSPS) is 10.2. The summed E-state index contributed by atoms with van der Waals surface area (Å²) in [5.74, 6) is -0.0745. The van der Waals surface area contributed by atoms with Gasteiger partial charge in [0, 0.05) is 12.7 Å². The van der Waals surface area contributed by atoms with E-state index in [0.717, 1.165) is 12.0 Å². The number of aromatic amines is 1. The van der Waals surface area contributed by atoms with Crippen LogP contribution < -0.4 is 5.32 Å². The summed E-state index contributed by atoms with van der Waals surface area (Å²) in [6.45, 7) is 2.68. The Morgan fingerprint density at radius 2 is 1.88 bits per heavy atom. The lowest BCUT2D eigenvalue weighted by Gasteiger charge is -2.05. The molecular weight excluding hydrogens is 212 g/mol. The lowest BCUT2D eigenvalue weighted by atomic mass is 10.1. The molecule has 0 bridgehead atoms. The van der Waals surface area contributed by atoms with Crippen LogP contribution in [0.1, 0.15) is 28.5 Å². The molecule has 2 rings (SSSR count). The molecule has 3 nitrogen and oxygen atoms in total. The predicted octanol–water partition coefficient (Wildman–Crippen LogP) is 2.51. The minimum atomic E-state index is -0.0745. The monoisotopic (exact) mass is 228 g/mol. The van der Waals surface area contributed by atoms with Crippen LogP contribution in [0.5, 0.6) is 0 Å². The zero-order valence-electron chi connectivity index (χ0n) is 9.86. The van der Waals surface area contributed by atoms with Crippen LogP contribution in [0, 0.1) is 0 Å². The molecule has 1 aromatic heterocycles. The Morgan fingerprint density at radius 1 is 1.18 bits per heavy atom. The van der Waals surface area contributed by atoms with Crippen LogP contribution >= 0.6 is 0 Å². The summed E-state index contributed by atoms with van der Waals surface area (Å²) in [6, 6.07) is 11.9. The van der Waals surface area contributed by atoms with Gasteiger partial charge >= 0.3 is 0 Å². The van der Waals surface area contributed by atoms with Gasteiger partial charge in [0.1, 0.15) is 5.69 Å². The van der Waals surface area contributed by atoms with E-state index in [-0.39, 0.29) is 5.91 Å². The highest BCUT2D eigenvalue weighted by atomic mass is 16.1. The Labute approximate surface area is 101 Å². The average Bonchev–Trinajstić information content (AvgIpc) is 2.90. The van der Waals surface area contributed by atoms with Gasteiger partial charge in [-0.05, 0) is 29.7 Å².